The fourth-order valence-electron chi connectivity index (χ4n) is 0.781. The first kappa shape index (κ1) is 8.43. The van der Waals surface area contributed by atoms with Crippen LogP contribution in [0.2, 0.25) is 5.15 Å². The lowest BCUT2D eigenvalue weighted by Gasteiger charge is -2.00. The van der Waals surface area contributed by atoms with Crippen molar-refractivity contribution in [3.8, 4) is 0 Å². The van der Waals surface area contributed by atoms with Gasteiger partial charge in [-0.2, -0.15) is 0 Å². The third kappa shape index (κ3) is 2.13. The molecule has 1 aromatic rings. The molecule has 11 heavy (non-hydrogen) atoms. The Morgan fingerprint density at radius 2 is 2.36 bits per heavy atom. The minimum Gasteiger partial charge on any atom is -0.314 e. The Morgan fingerprint density at radius 3 is 2.91 bits per heavy atom. The number of nitrogens with one attached hydrogen (secondary N) is 1. The van der Waals surface area contributed by atoms with E-state index in [9.17, 15) is 0 Å². The van der Waals surface area contributed by atoms with Crippen molar-refractivity contribution in [3.63, 3.8) is 0 Å². The van der Waals surface area contributed by atoms with Crippen molar-refractivity contribution in [2.24, 2.45) is 0 Å². The molecule has 0 bridgehead atoms. The summed E-state index contributed by atoms with van der Waals surface area (Å²) < 4.78 is 0. The zero-order valence-corrected chi connectivity index (χ0v) is 7.31. The van der Waals surface area contributed by atoms with E-state index in [1.54, 1.807) is 6.20 Å². The second-order valence-electron chi connectivity index (χ2n) is 2.27. The summed E-state index contributed by atoms with van der Waals surface area (Å²) in [6.07, 6.45) is 1.67. The molecule has 1 aromatic heterocycles. The summed E-state index contributed by atoms with van der Waals surface area (Å²) in [5.74, 6) is 0. The Balaban J connectivity index is 2.86. The standard InChI is InChI=1S/C7H10ClN3/c1-5-7(8)10-4-6(11-5)3-9-2/h4,9H,3H2,1-2H3. The maximum absolute atomic E-state index is 5.69. The lowest BCUT2D eigenvalue weighted by molar-refractivity contribution is 0.779. The zero-order valence-electron chi connectivity index (χ0n) is 6.56. The number of rotatable bonds is 2. The Hall–Kier alpha value is -0.670. The van der Waals surface area contributed by atoms with Crippen LogP contribution in [-0.2, 0) is 6.54 Å². The maximum atomic E-state index is 5.69. The van der Waals surface area contributed by atoms with Gasteiger partial charge in [0.2, 0.25) is 0 Å². The van der Waals surface area contributed by atoms with Gasteiger partial charge in [-0.3, -0.25) is 4.98 Å². The van der Waals surface area contributed by atoms with Crippen molar-refractivity contribution in [2.45, 2.75) is 13.5 Å². The van der Waals surface area contributed by atoms with Crippen LogP contribution in [0.25, 0.3) is 0 Å². The molecule has 0 saturated heterocycles. The SMILES string of the molecule is CNCc1cnc(Cl)c(C)n1. The summed E-state index contributed by atoms with van der Waals surface area (Å²) in [6.45, 7) is 2.57. The molecule has 0 aromatic carbocycles. The Morgan fingerprint density at radius 1 is 1.64 bits per heavy atom. The monoisotopic (exact) mass is 171 g/mol. The predicted octanol–water partition coefficient (Wildman–Crippen LogP) is 1.16. The normalized spacial score (nSPS) is 10.1. The van der Waals surface area contributed by atoms with E-state index in [1.165, 1.54) is 0 Å². The third-order valence-corrected chi connectivity index (χ3v) is 1.67. The highest BCUT2D eigenvalue weighted by Crippen LogP contribution is 2.07. The molecule has 0 fully saturated rings. The van der Waals surface area contributed by atoms with Gasteiger partial charge in [-0.05, 0) is 14.0 Å². The quantitative estimate of drug-likeness (QED) is 0.726. The topological polar surface area (TPSA) is 37.8 Å². The number of aryl methyl sites for hydroxylation is 1. The smallest absolute Gasteiger partial charge is 0.150 e. The summed E-state index contributed by atoms with van der Waals surface area (Å²) in [6, 6.07) is 0. The van der Waals surface area contributed by atoms with Crippen molar-refractivity contribution in [1.82, 2.24) is 15.3 Å². The van der Waals surface area contributed by atoms with E-state index >= 15 is 0 Å². The molecule has 0 aliphatic heterocycles. The summed E-state index contributed by atoms with van der Waals surface area (Å²) in [4.78, 5) is 8.17. The van der Waals surface area contributed by atoms with E-state index in [-0.39, 0.29) is 0 Å². The van der Waals surface area contributed by atoms with Crippen LogP contribution in [0.3, 0.4) is 0 Å². The molecule has 4 heteroatoms. The number of hydrogen-bond donors (Lipinski definition) is 1. The van der Waals surface area contributed by atoms with Gasteiger partial charge in [0.05, 0.1) is 17.6 Å². The molecular weight excluding hydrogens is 162 g/mol. The van der Waals surface area contributed by atoms with Gasteiger partial charge in [-0.25, -0.2) is 4.98 Å². The minimum absolute atomic E-state index is 0.477. The fraction of sp³-hybridized carbons (Fsp3) is 0.429. The minimum atomic E-state index is 0.477. The molecule has 0 spiro atoms. The fourth-order valence-corrected chi connectivity index (χ4v) is 0.872. The van der Waals surface area contributed by atoms with Gasteiger partial charge in [-0.1, -0.05) is 11.6 Å². The number of halogens is 1. The average molecular weight is 172 g/mol. The first-order valence-electron chi connectivity index (χ1n) is 3.36. The molecule has 0 unspecified atom stereocenters. The van der Waals surface area contributed by atoms with Crippen molar-refractivity contribution in [2.75, 3.05) is 7.05 Å². The van der Waals surface area contributed by atoms with Crippen LogP contribution in [0.5, 0.6) is 0 Å². The maximum Gasteiger partial charge on any atom is 0.150 e. The lowest BCUT2D eigenvalue weighted by Crippen LogP contribution is -2.08. The van der Waals surface area contributed by atoms with Crippen molar-refractivity contribution in [3.05, 3.63) is 22.7 Å². The van der Waals surface area contributed by atoms with Crippen LogP contribution in [0.4, 0.5) is 0 Å². The van der Waals surface area contributed by atoms with E-state index in [0.717, 1.165) is 17.9 Å². The van der Waals surface area contributed by atoms with Gasteiger partial charge in [0.1, 0.15) is 5.15 Å². The Labute approximate surface area is 70.8 Å². The highest BCUT2D eigenvalue weighted by Gasteiger charge is 1.98. The van der Waals surface area contributed by atoms with E-state index < -0.39 is 0 Å². The second kappa shape index (κ2) is 3.64. The number of hydrogen-bond acceptors (Lipinski definition) is 3. The molecule has 3 nitrogen and oxygen atoms in total. The van der Waals surface area contributed by atoms with Gasteiger partial charge in [0, 0.05) is 6.54 Å². The molecule has 0 radical (unpaired) electrons. The van der Waals surface area contributed by atoms with Crippen LogP contribution < -0.4 is 5.32 Å². The summed E-state index contributed by atoms with van der Waals surface area (Å²) >= 11 is 5.69. The number of nitrogens with zero attached hydrogens (tertiary/aromatic N) is 2. The van der Waals surface area contributed by atoms with Crippen LogP contribution in [0.1, 0.15) is 11.4 Å². The molecule has 0 atom stereocenters. The molecule has 1 heterocycles. The van der Waals surface area contributed by atoms with Crippen LogP contribution in [-0.4, -0.2) is 17.0 Å². The molecule has 0 aliphatic rings. The van der Waals surface area contributed by atoms with Crippen LogP contribution in [0.15, 0.2) is 6.20 Å². The highest BCUT2D eigenvalue weighted by atomic mass is 35.5. The first-order chi connectivity index (χ1) is 5.24. The first-order valence-corrected chi connectivity index (χ1v) is 3.74. The van der Waals surface area contributed by atoms with Crippen molar-refractivity contribution < 1.29 is 0 Å². The van der Waals surface area contributed by atoms with E-state index in [4.69, 9.17) is 11.6 Å². The Kier molecular flexibility index (Phi) is 2.79. The van der Waals surface area contributed by atoms with Gasteiger partial charge in [0.25, 0.3) is 0 Å². The van der Waals surface area contributed by atoms with Crippen LogP contribution in [0, 0.1) is 6.92 Å². The average Bonchev–Trinajstić information content (AvgIpc) is 1.98. The van der Waals surface area contributed by atoms with Crippen molar-refractivity contribution >= 4 is 11.6 Å². The summed E-state index contributed by atoms with van der Waals surface area (Å²) in [5, 5.41) is 3.46. The predicted molar refractivity (Wildman–Crippen MR) is 44.5 cm³/mol. The molecule has 0 amide bonds. The van der Waals surface area contributed by atoms with E-state index in [0.29, 0.717) is 5.15 Å². The highest BCUT2D eigenvalue weighted by molar-refractivity contribution is 6.29. The second-order valence-corrected chi connectivity index (χ2v) is 2.63. The van der Waals surface area contributed by atoms with Gasteiger partial charge < -0.3 is 5.32 Å². The summed E-state index contributed by atoms with van der Waals surface area (Å²) in [7, 11) is 1.87. The molecule has 0 aliphatic carbocycles. The summed E-state index contributed by atoms with van der Waals surface area (Å²) in [5.41, 5.74) is 1.69. The van der Waals surface area contributed by atoms with E-state index in [1.807, 2.05) is 14.0 Å². The zero-order chi connectivity index (χ0) is 8.27. The molecule has 1 N–H and O–H groups in total. The largest absolute Gasteiger partial charge is 0.314 e. The van der Waals surface area contributed by atoms with Crippen molar-refractivity contribution in [1.29, 1.82) is 0 Å². The van der Waals surface area contributed by atoms with Gasteiger partial charge in [0.15, 0.2) is 0 Å². The van der Waals surface area contributed by atoms with Crippen LogP contribution >= 0.6 is 11.6 Å². The molecule has 0 saturated carbocycles. The molecule has 1 rings (SSSR count). The van der Waals surface area contributed by atoms with E-state index in [2.05, 4.69) is 15.3 Å². The third-order valence-electron chi connectivity index (χ3n) is 1.29. The van der Waals surface area contributed by atoms with Gasteiger partial charge in [-0.15, -0.1) is 0 Å². The van der Waals surface area contributed by atoms with Gasteiger partial charge >= 0.3 is 0 Å². The molecule has 60 valence electrons. The lowest BCUT2D eigenvalue weighted by atomic mass is 10.4. The molecular formula is C7H10ClN3. The Bertz CT molecular complexity index is 249. The number of aromatic nitrogens is 2.